The summed E-state index contributed by atoms with van der Waals surface area (Å²) >= 11 is 1.52. The van der Waals surface area contributed by atoms with Crippen molar-refractivity contribution in [2.45, 2.75) is 33.1 Å². The van der Waals surface area contributed by atoms with Crippen LogP contribution in [0.1, 0.15) is 39.9 Å². The molecule has 1 N–H and O–H groups in total. The highest BCUT2D eigenvalue weighted by Crippen LogP contribution is 2.34. The molecule has 1 aromatic heterocycles. The van der Waals surface area contributed by atoms with E-state index in [2.05, 4.69) is 12.2 Å². The molecule has 0 saturated carbocycles. The molecule has 25 heavy (non-hydrogen) atoms. The van der Waals surface area contributed by atoms with Gasteiger partial charge in [-0.3, -0.25) is 9.59 Å². The van der Waals surface area contributed by atoms with E-state index in [1.165, 1.54) is 16.2 Å². The maximum Gasteiger partial charge on any atom is 0.265 e. The van der Waals surface area contributed by atoms with E-state index in [0.717, 1.165) is 18.4 Å². The second-order valence-electron chi connectivity index (χ2n) is 6.06. The van der Waals surface area contributed by atoms with Crippen LogP contribution in [0.5, 0.6) is 5.75 Å². The van der Waals surface area contributed by atoms with E-state index in [1.54, 1.807) is 30.2 Å². The van der Waals surface area contributed by atoms with E-state index in [0.29, 0.717) is 35.0 Å². The van der Waals surface area contributed by atoms with Gasteiger partial charge in [0.15, 0.2) is 0 Å². The van der Waals surface area contributed by atoms with Crippen molar-refractivity contribution in [3.63, 3.8) is 0 Å². The van der Waals surface area contributed by atoms with Gasteiger partial charge in [-0.25, -0.2) is 0 Å². The molecular weight excluding hydrogens is 336 g/mol. The van der Waals surface area contributed by atoms with Crippen LogP contribution in [0, 0.1) is 6.92 Å². The lowest BCUT2D eigenvalue weighted by Gasteiger charge is -2.20. The quantitative estimate of drug-likeness (QED) is 0.879. The summed E-state index contributed by atoms with van der Waals surface area (Å²) in [4.78, 5) is 28.2. The normalized spacial score (nSPS) is 14.0. The molecule has 2 amide bonds. The van der Waals surface area contributed by atoms with Gasteiger partial charge in [0.2, 0.25) is 5.91 Å². The third kappa shape index (κ3) is 3.54. The number of methoxy groups -OCH3 is 1. The standard InChI is InChI=1S/C19H22N2O3S/c1-4-16-12(2)10-17(25-16)19(23)20-13-7-8-15(24-3)14(11-13)21-9-5-6-18(21)22/h7-8,10-11H,4-6,9H2,1-3H3,(H,20,23). The van der Waals surface area contributed by atoms with Crippen LogP contribution in [0.4, 0.5) is 11.4 Å². The molecule has 0 unspecified atom stereocenters. The summed E-state index contributed by atoms with van der Waals surface area (Å²) < 4.78 is 5.38. The molecule has 1 fully saturated rings. The molecule has 1 aromatic carbocycles. The molecule has 5 nitrogen and oxygen atoms in total. The zero-order valence-electron chi connectivity index (χ0n) is 14.7. The Morgan fingerprint density at radius 2 is 2.16 bits per heavy atom. The van der Waals surface area contributed by atoms with E-state index in [1.807, 2.05) is 13.0 Å². The van der Waals surface area contributed by atoms with Crippen LogP contribution < -0.4 is 15.0 Å². The fraction of sp³-hybridized carbons (Fsp3) is 0.368. The van der Waals surface area contributed by atoms with Crippen molar-refractivity contribution in [2.24, 2.45) is 0 Å². The number of benzene rings is 1. The number of hydrogen-bond donors (Lipinski definition) is 1. The minimum atomic E-state index is -0.128. The van der Waals surface area contributed by atoms with Crippen LogP contribution in [0.15, 0.2) is 24.3 Å². The van der Waals surface area contributed by atoms with E-state index < -0.39 is 0 Å². The average Bonchev–Trinajstić information content (AvgIpc) is 3.20. The Morgan fingerprint density at radius 3 is 2.76 bits per heavy atom. The number of rotatable bonds is 5. The van der Waals surface area contributed by atoms with Crippen molar-refractivity contribution in [1.82, 2.24) is 0 Å². The smallest absolute Gasteiger partial charge is 0.265 e. The number of nitrogens with zero attached hydrogens (tertiary/aromatic N) is 1. The molecule has 2 heterocycles. The number of carbonyl (C=O) groups is 2. The Bertz CT molecular complexity index is 813. The van der Waals surface area contributed by atoms with E-state index in [4.69, 9.17) is 4.74 Å². The van der Waals surface area contributed by atoms with Crippen molar-refractivity contribution in [3.8, 4) is 5.75 Å². The van der Waals surface area contributed by atoms with Crippen LogP contribution in [0.25, 0.3) is 0 Å². The monoisotopic (exact) mass is 358 g/mol. The van der Waals surface area contributed by atoms with Crippen molar-refractivity contribution in [1.29, 1.82) is 0 Å². The Labute approximate surface area is 151 Å². The highest BCUT2D eigenvalue weighted by molar-refractivity contribution is 7.14. The Hall–Kier alpha value is -2.34. The third-order valence-electron chi connectivity index (χ3n) is 4.37. The molecule has 132 valence electrons. The molecule has 0 radical (unpaired) electrons. The molecule has 1 saturated heterocycles. The number of ether oxygens (including phenoxy) is 1. The number of nitrogens with one attached hydrogen (secondary N) is 1. The zero-order chi connectivity index (χ0) is 18.0. The lowest BCUT2D eigenvalue weighted by molar-refractivity contribution is -0.117. The zero-order valence-corrected chi connectivity index (χ0v) is 15.5. The summed E-state index contributed by atoms with van der Waals surface area (Å²) in [6, 6.07) is 7.31. The summed E-state index contributed by atoms with van der Waals surface area (Å²) in [5.74, 6) is 0.591. The first kappa shape index (κ1) is 17.5. The third-order valence-corrected chi connectivity index (χ3v) is 5.75. The fourth-order valence-electron chi connectivity index (χ4n) is 3.06. The lowest BCUT2D eigenvalue weighted by atomic mass is 10.2. The van der Waals surface area contributed by atoms with Crippen LogP contribution in [0.3, 0.4) is 0 Å². The molecular formula is C19H22N2O3S. The maximum atomic E-state index is 12.5. The van der Waals surface area contributed by atoms with Gasteiger partial charge in [0.25, 0.3) is 5.91 Å². The fourth-order valence-corrected chi connectivity index (χ4v) is 4.07. The van der Waals surface area contributed by atoms with Crippen LogP contribution >= 0.6 is 11.3 Å². The summed E-state index contributed by atoms with van der Waals surface area (Å²) in [6.45, 7) is 4.79. The van der Waals surface area contributed by atoms with Gasteiger partial charge in [-0.2, -0.15) is 0 Å². The van der Waals surface area contributed by atoms with Crippen molar-refractivity contribution >= 4 is 34.5 Å². The number of aryl methyl sites for hydroxylation is 2. The SMILES string of the molecule is CCc1sc(C(=O)Nc2ccc(OC)c(N3CCCC3=O)c2)cc1C. The number of carbonyl (C=O) groups excluding carboxylic acids is 2. The van der Waals surface area contributed by atoms with Crippen molar-refractivity contribution < 1.29 is 14.3 Å². The maximum absolute atomic E-state index is 12.5. The van der Waals surface area contributed by atoms with Gasteiger partial charge >= 0.3 is 0 Å². The van der Waals surface area contributed by atoms with Crippen molar-refractivity contribution in [3.05, 3.63) is 39.6 Å². The summed E-state index contributed by atoms with van der Waals surface area (Å²) in [5.41, 5.74) is 2.51. The Balaban J connectivity index is 1.84. The number of thiophene rings is 1. The first-order chi connectivity index (χ1) is 12.0. The predicted octanol–water partition coefficient (Wildman–Crippen LogP) is 4.01. The lowest BCUT2D eigenvalue weighted by Crippen LogP contribution is -2.24. The molecule has 6 heteroatoms. The van der Waals surface area contributed by atoms with Gasteiger partial charge in [0.1, 0.15) is 5.75 Å². The minimum absolute atomic E-state index is 0.0863. The molecule has 2 aromatic rings. The molecule has 0 aliphatic carbocycles. The molecule has 3 rings (SSSR count). The van der Waals surface area contributed by atoms with Gasteiger partial charge in [-0.15, -0.1) is 11.3 Å². The molecule has 1 aliphatic heterocycles. The van der Waals surface area contributed by atoms with Crippen molar-refractivity contribution in [2.75, 3.05) is 23.9 Å². The largest absolute Gasteiger partial charge is 0.495 e. The van der Waals surface area contributed by atoms with Crippen LogP contribution in [-0.2, 0) is 11.2 Å². The molecule has 0 bridgehead atoms. The molecule has 0 spiro atoms. The van der Waals surface area contributed by atoms with Gasteiger partial charge in [0.05, 0.1) is 17.7 Å². The van der Waals surface area contributed by atoms with E-state index >= 15 is 0 Å². The van der Waals surface area contributed by atoms with Gasteiger partial charge < -0.3 is 15.0 Å². The van der Waals surface area contributed by atoms with Gasteiger partial charge in [-0.05, 0) is 49.6 Å². The van der Waals surface area contributed by atoms with Gasteiger partial charge in [-0.1, -0.05) is 6.92 Å². The topological polar surface area (TPSA) is 58.6 Å². The highest BCUT2D eigenvalue weighted by Gasteiger charge is 2.25. The highest BCUT2D eigenvalue weighted by atomic mass is 32.1. The van der Waals surface area contributed by atoms with Gasteiger partial charge in [0, 0.05) is 23.5 Å². The predicted molar refractivity (Wildman–Crippen MR) is 101 cm³/mol. The van der Waals surface area contributed by atoms with E-state index in [9.17, 15) is 9.59 Å². The first-order valence-corrected chi connectivity index (χ1v) is 9.24. The van der Waals surface area contributed by atoms with Crippen LogP contribution in [0.2, 0.25) is 0 Å². The second kappa shape index (κ2) is 7.27. The average molecular weight is 358 g/mol. The summed E-state index contributed by atoms with van der Waals surface area (Å²) in [6.07, 6.45) is 2.31. The van der Waals surface area contributed by atoms with E-state index in [-0.39, 0.29) is 11.8 Å². The Morgan fingerprint density at radius 1 is 1.36 bits per heavy atom. The Kier molecular flexibility index (Phi) is 5.08. The second-order valence-corrected chi connectivity index (χ2v) is 7.20. The van der Waals surface area contributed by atoms with Crippen LogP contribution in [-0.4, -0.2) is 25.5 Å². The summed E-state index contributed by atoms with van der Waals surface area (Å²) in [7, 11) is 1.58. The summed E-state index contributed by atoms with van der Waals surface area (Å²) in [5, 5.41) is 2.93. The molecule has 1 aliphatic rings. The first-order valence-electron chi connectivity index (χ1n) is 8.42. The number of hydrogen-bond acceptors (Lipinski definition) is 4. The number of amides is 2. The minimum Gasteiger partial charge on any atom is -0.495 e. The molecule has 0 atom stereocenters. The number of anilines is 2.